The molecule has 7 nitrogen and oxygen atoms in total. The SMILES string of the molecule is Fc1cc2[nH]nc(-c3nc4c(C5=CCC=C5)nccc4[nH]3)c2cc1-c1cncnc1. The van der Waals surface area contributed by atoms with Gasteiger partial charge in [-0.2, -0.15) is 5.10 Å². The number of aromatic amines is 2. The topological polar surface area (TPSA) is 96.0 Å². The van der Waals surface area contributed by atoms with Crippen LogP contribution in [0.2, 0.25) is 0 Å². The molecule has 0 amide bonds. The van der Waals surface area contributed by atoms with Crippen molar-refractivity contribution in [1.29, 1.82) is 0 Å². The smallest absolute Gasteiger partial charge is 0.159 e. The maximum Gasteiger partial charge on any atom is 0.159 e. The van der Waals surface area contributed by atoms with E-state index < -0.39 is 0 Å². The molecule has 0 saturated carbocycles. The van der Waals surface area contributed by atoms with Crippen molar-refractivity contribution >= 4 is 27.5 Å². The summed E-state index contributed by atoms with van der Waals surface area (Å²) in [5.41, 5.74) is 5.73. The summed E-state index contributed by atoms with van der Waals surface area (Å²) in [5, 5.41) is 8.05. The van der Waals surface area contributed by atoms with Crippen molar-refractivity contribution in [3.63, 3.8) is 0 Å². The predicted octanol–water partition coefficient (Wildman–Crippen LogP) is 4.44. The molecule has 0 spiro atoms. The number of pyridine rings is 1. The van der Waals surface area contributed by atoms with Crippen LogP contribution < -0.4 is 0 Å². The average Bonchev–Trinajstić information content (AvgIpc) is 3.52. The first kappa shape index (κ1) is 16.7. The molecule has 1 aliphatic carbocycles. The molecule has 6 rings (SSSR count). The van der Waals surface area contributed by atoms with Crippen molar-refractivity contribution < 1.29 is 4.39 Å². The number of H-pyrrole nitrogens is 2. The average molecular weight is 395 g/mol. The third kappa shape index (κ3) is 2.54. The van der Waals surface area contributed by atoms with Crippen LogP contribution in [0, 0.1) is 5.82 Å². The van der Waals surface area contributed by atoms with E-state index in [1.54, 1.807) is 24.7 Å². The van der Waals surface area contributed by atoms with Crippen LogP contribution >= 0.6 is 0 Å². The molecule has 4 heterocycles. The van der Waals surface area contributed by atoms with E-state index in [1.165, 1.54) is 12.4 Å². The minimum absolute atomic E-state index is 0.372. The fraction of sp³-hybridized carbons (Fsp3) is 0.0455. The lowest BCUT2D eigenvalue weighted by atomic mass is 10.0. The molecular weight excluding hydrogens is 381 g/mol. The predicted molar refractivity (Wildman–Crippen MR) is 112 cm³/mol. The second-order valence-electron chi connectivity index (χ2n) is 7.02. The molecule has 0 unspecified atom stereocenters. The number of hydrogen-bond acceptors (Lipinski definition) is 5. The number of imidazole rings is 1. The summed E-state index contributed by atoms with van der Waals surface area (Å²) in [6, 6.07) is 5.06. The normalized spacial score (nSPS) is 13.4. The number of hydrogen-bond donors (Lipinski definition) is 2. The number of fused-ring (bicyclic) bond motifs is 2. The molecule has 2 N–H and O–H groups in total. The molecule has 0 bridgehead atoms. The van der Waals surface area contributed by atoms with E-state index in [0.717, 1.165) is 34.1 Å². The highest BCUT2D eigenvalue weighted by Gasteiger charge is 2.18. The van der Waals surface area contributed by atoms with Gasteiger partial charge in [-0.15, -0.1) is 0 Å². The Morgan fingerprint density at radius 3 is 2.77 bits per heavy atom. The van der Waals surface area contributed by atoms with Gasteiger partial charge in [-0.25, -0.2) is 19.3 Å². The molecule has 0 atom stereocenters. The summed E-state index contributed by atoms with van der Waals surface area (Å²) in [6.45, 7) is 0. The minimum atomic E-state index is -0.372. The van der Waals surface area contributed by atoms with E-state index in [0.29, 0.717) is 28.2 Å². The lowest BCUT2D eigenvalue weighted by Gasteiger charge is -2.03. The first-order valence-electron chi connectivity index (χ1n) is 9.43. The Bertz CT molecular complexity index is 1480. The molecule has 1 aromatic carbocycles. The Labute approximate surface area is 169 Å². The van der Waals surface area contributed by atoms with Crippen LogP contribution in [0.25, 0.3) is 50.2 Å². The Balaban J connectivity index is 1.54. The van der Waals surface area contributed by atoms with Gasteiger partial charge in [0, 0.05) is 41.2 Å². The van der Waals surface area contributed by atoms with Crippen molar-refractivity contribution in [3.05, 3.63) is 72.9 Å². The molecular formula is C22H14FN7. The van der Waals surface area contributed by atoms with E-state index in [9.17, 15) is 4.39 Å². The standard InChI is InChI=1S/C22H14FN7/c23-16-8-18-15(7-14(16)13-9-24-11-25-10-13)20(30-29-18)22-27-17-5-6-26-19(21(17)28-22)12-3-1-2-4-12/h1,3-11H,2H2,(H,27,28)(H,29,30). The molecule has 0 aliphatic heterocycles. The number of nitrogens with zero attached hydrogens (tertiary/aromatic N) is 5. The fourth-order valence-electron chi connectivity index (χ4n) is 3.77. The minimum Gasteiger partial charge on any atom is -0.336 e. The summed E-state index contributed by atoms with van der Waals surface area (Å²) >= 11 is 0. The van der Waals surface area contributed by atoms with Crippen LogP contribution in [0.4, 0.5) is 4.39 Å². The van der Waals surface area contributed by atoms with E-state index in [1.807, 2.05) is 6.07 Å². The van der Waals surface area contributed by atoms with Gasteiger partial charge < -0.3 is 4.98 Å². The summed E-state index contributed by atoms with van der Waals surface area (Å²) < 4.78 is 14.7. The summed E-state index contributed by atoms with van der Waals surface area (Å²) in [7, 11) is 0. The van der Waals surface area contributed by atoms with Gasteiger partial charge in [0.25, 0.3) is 0 Å². The molecule has 5 aromatic rings. The Hall–Kier alpha value is -4.20. The van der Waals surface area contributed by atoms with Gasteiger partial charge in [-0.05, 0) is 24.1 Å². The monoisotopic (exact) mass is 395 g/mol. The Kier molecular flexibility index (Phi) is 3.58. The van der Waals surface area contributed by atoms with Gasteiger partial charge >= 0.3 is 0 Å². The Morgan fingerprint density at radius 1 is 1.03 bits per heavy atom. The van der Waals surface area contributed by atoms with Gasteiger partial charge in [0.2, 0.25) is 0 Å². The fourth-order valence-corrected chi connectivity index (χ4v) is 3.77. The van der Waals surface area contributed by atoms with Crippen LogP contribution in [0.1, 0.15) is 12.1 Å². The highest BCUT2D eigenvalue weighted by molar-refractivity contribution is 5.97. The van der Waals surface area contributed by atoms with E-state index in [-0.39, 0.29) is 5.82 Å². The zero-order valence-corrected chi connectivity index (χ0v) is 15.6. The summed E-state index contributed by atoms with van der Waals surface area (Å²) in [6.07, 6.45) is 13.5. The van der Waals surface area contributed by atoms with Crippen molar-refractivity contribution in [2.24, 2.45) is 0 Å². The van der Waals surface area contributed by atoms with Crippen LogP contribution in [0.5, 0.6) is 0 Å². The van der Waals surface area contributed by atoms with E-state index in [4.69, 9.17) is 4.98 Å². The van der Waals surface area contributed by atoms with Gasteiger partial charge in [0.1, 0.15) is 23.4 Å². The van der Waals surface area contributed by atoms with Crippen molar-refractivity contribution in [3.8, 4) is 22.6 Å². The largest absolute Gasteiger partial charge is 0.336 e. The van der Waals surface area contributed by atoms with Crippen molar-refractivity contribution in [1.82, 2.24) is 35.1 Å². The molecule has 1 aliphatic rings. The molecule has 8 heteroatoms. The second-order valence-corrected chi connectivity index (χ2v) is 7.02. The summed E-state index contributed by atoms with van der Waals surface area (Å²) in [4.78, 5) is 20.6. The number of nitrogens with one attached hydrogen (secondary N) is 2. The zero-order chi connectivity index (χ0) is 20.1. The maximum absolute atomic E-state index is 14.7. The molecule has 0 fully saturated rings. The zero-order valence-electron chi connectivity index (χ0n) is 15.6. The molecule has 144 valence electrons. The second kappa shape index (κ2) is 6.41. The van der Waals surface area contributed by atoms with E-state index >= 15 is 0 Å². The third-order valence-corrected chi connectivity index (χ3v) is 5.19. The lowest BCUT2D eigenvalue weighted by molar-refractivity contribution is 0.632. The van der Waals surface area contributed by atoms with Crippen LogP contribution in [-0.4, -0.2) is 35.1 Å². The van der Waals surface area contributed by atoms with E-state index in [2.05, 4.69) is 48.4 Å². The first-order valence-corrected chi connectivity index (χ1v) is 9.43. The number of rotatable bonds is 3. The summed E-state index contributed by atoms with van der Waals surface area (Å²) in [5.74, 6) is 0.221. The van der Waals surface area contributed by atoms with Crippen molar-refractivity contribution in [2.75, 3.05) is 0 Å². The van der Waals surface area contributed by atoms with Gasteiger partial charge in [-0.1, -0.05) is 18.2 Å². The van der Waals surface area contributed by atoms with Crippen LogP contribution in [0.15, 0.2) is 61.3 Å². The Morgan fingerprint density at radius 2 is 1.93 bits per heavy atom. The van der Waals surface area contributed by atoms with Gasteiger partial charge in [0.15, 0.2) is 5.82 Å². The molecule has 30 heavy (non-hydrogen) atoms. The number of aromatic nitrogens is 7. The number of allylic oxidation sites excluding steroid dienone is 4. The highest BCUT2D eigenvalue weighted by Crippen LogP contribution is 2.33. The molecule has 4 aromatic heterocycles. The first-order chi connectivity index (χ1) is 14.8. The highest BCUT2D eigenvalue weighted by atomic mass is 19.1. The quantitative estimate of drug-likeness (QED) is 0.471. The third-order valence-electron chi connectivity index (χ3n) is 5.19. The number of halogens is 1. The maximum atomic E-state index is 14.7. The molecule has 0 saturated heterocycles. The van der Waals surface area contributed by atoms with Crippen LogP contribution in [0.3, 0.4) is 0 Å². The number of benzene rings is 1. The molecule has 0 radical (unpaired) electrons. The van der Waals surface area contributed by atoms with Gasteiger partial charge in [0.05, 0.1) is 16.7 Å². The van der Waals surface area contributed by atoms with Gasteiger partial charge in [-0.3, -0.25) is 10.1 Å². The van der Waals surface area contributed by atoms with Crippen LogP contribution in [-0.2, 0) is 0 Å². The lowest BCUT2D eigenvalue weighted by Crippen LogP contribution is -1.88. The van der Waals surface area contributed by atoms with Crippen molar-refractivity contribution in [2.45, 2.75) is 6.42 Å².